The second-order valence-electron chi connectivity index (χ2n) is 6.25. The van der Waals surface area contributed by atoms with Crippen LogP contribution in [0, 0.1) is 5.92 Å². The average Bonchev–Trinajstić information content (AvgIpc) is 2.82. The van der Waals surface area contributed by atoms with E-state index in [-0.39, 0.29) is 23.8 Å². The fourth-order valence-corrected chi connectivity index (χ4v) is 5.84. The Morgan fingerprint density at radius 3 is 3.05 bits per heavy atom. The number of ether oxygens (including phenoxy) is 1. The van der Waals surface area contributed by atoms with E-state index in [0.29, 0.717) is 19.6 Å². The maximum absolute atomic E-state index is 12.9. The highest BCUT2D eigenvalue weighted by Crippen LogP contribution is 2.44. The van der Waals surface area contributed by atoms with Crippen molar-refractivity contribution in [3.63, 3.8) is 0 Å². The highest BCUT2D eigenvalue weighted by Gasteiger charge is 2.46. The summed E-state index contributed by atoms with van der Waals surface area (Å²) in [7, 11) is -3.29. The van der Waals surface area contributed by atoms with Crippen LogP contribution >= 0.6 is 0 Å². The third-order valence-corrected chi connectivity index (χ3v) is 6.66. The predicted molar refractivity (Wildman–Crippen MR) is 82.8 cm³/mol. The molecule has 22 heavy (non-hydrogen) atoms. The standard InChI is InChI=1S/C15H23N3O3S/c1-3-21-8-11(2)9-22(19,20)18-12-4-5-15(18)13-7-16-10-17-14(13)6-12/h7,10-12,15H,3-6,8-9H2,1-2H3. The van der Waals surface area contributed by atoms with E-state index in [4.69, 9.17) is 4.74 Å². The summed E-state index contributed by atoms with van der Waals surface area (Å²) in [5, 5.41) is 0. The van der Waals surface area contributed by atoms with Gasteiger partial charge in [0, 0.05) is 30.8 Å². The van der Waals surface area contributed by atoms with E-state index in [1.807, 2.05) is 13.8 Å². The van der Waals surface area contributed by atoms with Gasteiger partial charge in [0.2, 0.25) is 10.0 Å². The minimum Gasteiger partial charge on any atom is -0.381 e. The Morgan fingerprint density at radius 1 is 1.45 bits per heavy atom. The summed E-state index contributed by atoms with van der Waals surface area (Å²) >= 11 is 0. The van der Waals surface area contributed by atoms with Crippen molar-refractivity contribution in [2.75, 3.05) is 19.0 Å². The average molecular weight is 325 g/mol. The number of fused-ring (bicyclic) bond motifs is 4. The third kappa shape index (κ3) is 2.89. The highest BCUT2D eigenvalue weighted by atomic mass is 32.2. The van der Waals surface area contributed by atoms with Crippen LogP contribution in [0.2, 0.25) is 0 Å². The first-order chi connectivity index (χ1) is 10.5. The molecule has 7 heteroatoms. The number of rotatable bonds is 6. The predicted octanol–water partition coefficient (Wildman–Crippen LogP) is 1.54. The van der Waals surface area contributed by atoms with E-state index >= 15 is 0 Å². The zero-order valence-corrected chi connectivity index (χ0v) is 13.9. The fourth-order valence-electron chi connectivity index (χ4n) is 3.62. The lowest BCUT2D eigenvalue weighted by Gasteiger charge is -2.35. The van der Waals surface area contributed by atoms with Gasteiger partial charge in [0.1, 0.15) is 6.33 Å². The zero-order chi connectivity index (χ0) is 15.7. The molecule has 3 heterocycles. The van der Waals surface area contributed by atoms with Gasteiger partial charge in [0.25, 0.3) is 0 Å². The van der Waals surface area contributed by atoms with Crippen LogP contribution in [-0.2, 0) is 21.2 Å². The zero-order valence-electron chi connectivity index (χ0n) is 13.1. The van der Waals surface area contributed by atoms with Gasteiger partial charge < -0.3 is 4.74 Å². The van der Waals surface area contributed by atoms with Gasteiger partial charge in [-0.1, -0.05) is 6.92 Å². The normalized spacial score (nSPS) is 25.9. The summed E-state index contributed by atoms with van der Waals surface area (Å²) in [5.74, 6) is 0.140. The summed E-state index contributed by atoms with van der Waals surface area (Å²) in [6.45, 7) is 4.95. The van der Waals surface area contributed by atoms with Crippen molar-refractivity contribution >= 4 is 10.0 Å². The minimum atomic E-state index is -3.29. The number of nitrogens with zero attached hydrogens (tertiary/aromatic N) is 3. The molecule has 0 saturated carbocycles. The molecule has 1 saturated heterocycles. The summed E-state index contributed by atoms with van der Waals surface area (Å²) in [4.78, 5) is 8.41. The topological polar surface area (TPSA) is 72.4 Å². The molecule has 3 unspecified atom stereocenters. The lowest BCUT2D eigenvalue weighted by molar-refractivity contribution is 0.122. The first kappa shape index (κ1) is 15.8. The van der Waals surface area contributed by atoms with Gasteiger partial charge in [-0.3, -0.25) is 0 Å². The van der Waals surface area contributed by atoms with Crippen molar-refractivity contribution in [2.45, 2.75) is 45.2 Å². The van der Waals surface area contributed by atoms with E-state index in [1.165, 1.54) is 0 Å². The smallest absolute Gasteiger partial charge is 0.215 e. The monoisotopic (exact) mass is 325 g/mol. The van der Waals surface area contributed by atoms with E-state index in [2.05, 4.69) is 9.97 Å². The quantitative estimate of drug-likeness (QED) is 0.793. The van der Waals surface area contributed by atoms with Crippen molar-refractivity contribution in [1.29, 1.82) is 0 Å². The van der Waals surface area contributed by atoms with Crippen molar-refractivity contribution in [3.05, 3.63) is 23.8 Å². The van der Waals surface area contributed by atoms with Crippen molar-refractivity contribution < 1.29 is 13.2 Å². The van der Waals surface area contributed by atoms with Crippen LogP contribution in [0.4, 0.5) is 0 Å². The molecular formula is C15H23N3O3S. The van der Waals surface area contributed by atoms with Crippen LogP contribution in [-0.4, -0.2) is 47.7 Å². The molecular weight excluding hydrogens is 302 g/mol. The van der Waals surface area contributed by atoms with Gasteiger partial charge >= 0.3 is 0 Å². The first-order valence-electron chi connectivity index (χ1n) is 7.90. The molecule has 0 aliphatic carbocycles. The van der Waals surface area contributed by atoms with Gasteiger partial charge in [-0.05, 0) is 25.7 Å². The molecule has 2 aliphatic heterocycles. The van der Waals surface area contributed by atoms with Crippen LogP contribution in [0.1, 0.15) is 44.0 Å². The Labute approximate surface area is 132 Å². The molecule has 0 amide bonds. The van der Waals surface area contributed by atoms with E-state index in [9.17, 15) is 8.42 Å². The van der Waals surface area contributed by atoms with Gasteiger partial charge in [-0.25, -0.2) is 18.4 Å². The molecule has 122 valence electrons. The second-order valence-corrected chi connectivity index (χ2v) is 8.17. The van der Waals surface area contributed by atoms with Crippen molar-refractivity contribution in [1.82, 2.24) is 14.3 Å². The molecule has 0 aromatic carbocycles. The Hall–Kier alpha value is -1.05. The maximum Gasteiger partial charge on any atom is 0.215 e. The molecule has 0 spiro atoms. The first-order valence-corrected chi connectivity index (χ1v) is 9.51. The van der Waals surface area contributed by atoms with Gasteiger partial charge in [-0.2, -0.15) is 4.31 Å². The number of sulfonamides is 1. The molecule has 1 fully saturated rings. The molecule has 0 N–H and O–H groups in total. The molecule has 2 bridgehead atoms. The van der Waals surface area contributed by atoms with Crippen molar-refractivity contribution in [2.24, 2.45) is 5.92 Å². The largest absolute Gasteiger partial charge is 0.381 e. The van der Waals surface area contributed by atoms with Crippen LogP contribution < -0.4 is 0 Å². The highest BCUT2D eigenvalue weighted by molar-refractivity contribution is 7.89. The fraction of sp³-hybridized carbons (Fsp3) is 0.733. The SMILES string of the molecule is CCOCC(C)CS(=O)(=O)N1C2CCC1c1cncnc1C2. The van der Waals surface area contributed by atoms with Crippen LogP contribution in [0.5, 0.6) is 0 Å². The molecule has 3 rings (SSSR count). The van der Waals surface area contributed by atoms with Crippen LogP contribution in [0.15, 0.2) is 12.5 Å². The Kier molecular flexibility index (Phi) is 4.47. The molecule has 0 radical (unpaired) electrons. The summed E-state index contributed by atoms with van der Waals surface area (Å²) in [5.41, 5.74) is 1.99. The van der Waals surface area contributed by atoms with E-state index in [0.717, 1.165) is 24.1 Å². The summed E-state index contributed by atoms with van der Waals surface area (Å²) in [6, 6.07) is -0.0315. The Bertz CT molecular complexity index is 635. The maximum atomic E-state index is 12.9. The second kappa shape index (κ2) is 6.22. The Balaban J connectivity index is 1.81. The van der Waals surface area contributed by atoms with Gasteiger partial charge in [0.05, 0.1) is 24.1 Å². The Morgan fingerprint density at radius 2 is 2.27 bits per heavy atom. The van der Waals surface area contributed by atoms with E-state index in [1.54, 1.807) is 16.8 Å². The van der Waals surface area contributed by atoms with Crippen LogP contribution in [0.25, 0.3) is 0 Å². The number of hydrogen-bond donors (Lipinski definition) is 0. The number of hydrogen-bond acceptors (Lipinski definition) is 5. The number of aromatic nitrogens is 2. The summed E-state index contributed by atoms with van der Waals surface area (Å²) in [6.07, 6.45) is 5.80. The van der Waals surface area contributed by atoms with Gasteiger partial charge in [-0.15, -0.1) is 0 Å². The molecule has 3 atom stereocenters. The molecule has 1 aromatic rings. The van der Waals surface area contributed by atoms with E-state index < -0.39 is 10.0 Å². The van der Waals surface area contributed by atoms with Crippen molar-refractivity contribution in [3.8, 4) is 0 Å². The summed E-state index contributed by atoms with van der Waals surface area (Å²) < 4.78 is 32.8. The lowest BCUT2D eigenvalue weighted by Crippen LogP contribution is -2.44. The minimum absolute atomic E-state index is 0.00206. The third-order valence-electron chi connectivity index (χ3n) is 4.48. The van der Waals surface area contributed by atoms with Gasteiger partial charge in [0.15, 0.2) is 0 Å². The molecule has 2 aliphatic rings. The lowest BCUT2D eigenvalue weighted by atomic mass is 10.0. The molecule has 6 nitrogen and oxygen atoms in total. The molecule has 1 aromatic heterocycles. The van der Waals surface area contributed by atoms with Crippen LogP contribution in [0.3, 0.4) is 0 Å².